The summed E-state index contributed by atoms with van der Waals surface area (Å²) < 4.78 is 1.94. The fourth-order valence-corrected chi connectivity index (χ4v) is 4.52. The Morgan fingerprint density at radius 1 is 1.26 bits per heavy atom. The summed E-state index contributed by atoms with van der Waals surface area (Å²) in [6.07, 6.45) is 5.26. The van der Waals surface area contributed by atoms with Crippen molar-refractivity contribution in [3.63, 3.8) is 0 Å². The van der Waals surface area contributed by atoms with Crippen LogP contribution in [0, 0.1) is 5.92 Å². The van der Waals surface area contributed by atoms with Crippen LogP contribution in [-0.2, 0) is 5.60 Å². The summed E-state index contributed by atoms with van der Waals surface area (Å²) in [5.41, 5.74) is 0.959. The number of rotatable bonds is 5. The van der Waals surface area contributed by atoms with Crippen molar-refractivity contribution in [3.05, 3.63) is 52.9 Å². The predicted molar refractivity (Wildman–Crippen MR) is 120 cm³/mol. The maximum absolute atomic E-state index is 12.7. The van der Waals surface area contributed by atoms with Gasteiger partial charge >= 0.3 is 0 Å². The molecule has 2 heterocycles. The molecule has 0 atom stereocenters. The van der Waals surface area contributed by atoms with Gasteiger partial charge in [0.05, 0.1) is 17.2 Å². The summed E-state index contributed by atoms with van der Waals surface area (Å²) >= 11 is 6.49. The van der Waals surface area contributed by atoms with Gasteiger partial charge in [-0.1, -0.05) is 17.7 Å². The number of pyridine rings is 1. The molecular weight excluding hydrogens is 416 g/mol. The van der Waals surface area contributed by atoms with Crippen LogP contribution >= 0.6 is 11.6 Å². The Bertz CT molecular complexity index is 1080. The van der Waals surface area contributed by atoms with Crippen molar-refractivity contribution in [2.24, 2.45) is 5.92 Å². The van der Waals surface area contributed by atoms with E-state index in [2.05, 4.69) is 15.4 Å². The Kier molecular flexibility index (Phi) is 6.01. The normalized spacial score (nSPS) is 19.5. The standard InChI is InChI=1S/C23H27ClN4O3/c1-23(2,31)17-12-20-16(11-19(17)26-22(30)18-5-3-4-10-25-18)21(24)27-28(20)15-8-6-14(13-29)7-9-15/h3-5,10-12,14-15,29,31H,6-9,13H2,1-2H3,(H,26,30). The van der Waals surface area contributed by atoms with Gasteiger partial charge in [-0.05, 0) is 69.7 Å². The van der Waals surface area contributed by atoms with E-state index in [0.29, 0.717) is 22.3 Å². The number of benzene rings is 1. The first-order chi connectivity index (χ1) is 14.8. The molecule has 0 bridgehead atoms. The molecule has 1 amide bonds. The van der Waals surface area contributed by atoms with E-state index in [0.717, 1.165) is 36.6 Å². The van der Waals surface area contributed by atoms with E-state index in [4.69, 9.17) is 11.6 Å². The van der Waals surface area contributed by atoms with Crippen LogP contribution in [0.15, 0.2) is 36.5 Å². The number of amides is 1. The van der Waals surface area contributed by atoms with Crippen molar-refractivity contribution in [1.29, 1.82) is 0 Å². The number of halogens is 1. The highest BCUT2D eigenvalue weighted by molar-refractivity contribution is 6.34. The van der Waals surface area contributed by atoms with Crippen LogP contribution < -0.4 is 5.32 Å². The van der Waals surface area contributed by atoms with Gasteiger partial charge in [0.15, 0.2) is 5.15 Å². The van der Waals surface area contributed by atoms with E-state index in [1.165, 1.54) is 0 Å². The molecule has 1 aromatic carbocycles. The third kappa shape index (κ3) is 4.44. The lowest BCUT2D eigenvalue weighted by Gasteiger charge is -2.28. The molecule has 0 saturated heterocycles. The number of aromatic nitrogens is 3. The number of carbonyl (C=O) groups is 1. The highest BCUT2D eigenvalue weighted by atomic mass is 35.5. The second kappa shape index (κ2) is 8.57. The third-order valence-electron chi connectivity index (χ3n) is 6.03. The molecule has 31 heavy (non-hydrogen) atoms. The van der Waals surface area contributed by atoms with Gasteiger partial charge in [0.2, 0.25) is 0 Å². The second-order valence-corrected chi connectivity index (χ2v) is 9.09. The molecule has 4 rings (SSSR count). The number of hydrogen-bond acceptors (Lipinski definition) is 5. The zero-order valence-electron chi connectivity index (χ0n) is 17.7. The zero-order chi connectivity index (χ0) is 22.2. The maximum atomic E-state index is 12.7. The molecule has 7 nitrogen and oxygen atoms in total. The van der Waals surface area contributed by atoms with E-state index < -0.39 is 5.60 Å². The van der Waals surface area contributed by atoms with E-state index in [9.17, 15) is 15.0 Å². The Balaban J connectivity index is 1.74. The average Bonchev–Trinajstić information content (AvgIpc) is 3.09. The molecule has 8 heteroatoms. The van der Waals surface area contributed by atoms with Crippen LogP contribution in [0.1, 0.15) is 61.6 Å². The minimum atomic E-state index is -1.20. The summed E-state index contributed by atoms with van der Waals surface area (Å²) in [4.78, 5) is 16.8. The van der Waals surface area contributed by atoms with E-state index in [-0.39, 0.29) is 24.2 Å². The smallest absolute Gasteiger partial charge is 0.274 e. The first-order valence-corrected chi connectivity index (χ1v) is 10.9. The van der Waals surface area contributed by atoms with Crippen molar-refractivity contribution >= 4 is 34.1 Å². The Morgan fingerprint density at radius 3 is 2.61 bits per heavy atom. The summed E-state index contributed by atoms with van der Waals surface area (Å²) in [5, 5.41) is 28.8. The number of aliphatic hydroxyl groups excluding tert-OH is 1. The predicted octanol–water partition coefficient (Wildman–Crippen LogP) is 4.29. The Hall–Kier alpha value is -2.48. The first-order valence-electron chi connectivity index (χ1n) is 10.6. The van der Waals surface area contributed by atoms with Crippen molar-refractivity contribution < 1.29 is 15.0 Å². The molecule has 2 aromatic heterocycles. The monoisotopic (exact) mass is 442 g/mol. The average molecular weight is 443 g/mol. The van der Waals surface area contributed by atoms with Gasteiger partial charge in [0, 0.05) is 29.4 Å². The Labute approximate surface area is 186 Å². The summed E-state index contributed by atoms with van der Waals surface area (Å²) in [6, 6.07) is 8.93. The maximum Gasteiger partial charge on any atom is 0.274 e. The van der Waals surface area contributed by atoms with Crippen molar-refractivity contribution in [2.45, 2.75) is 51.2 Å². The number of nitrogens with one attached hydrogen (secondary N) is 1. The van der Waals surface area contributed by atoms with E-state index in [1.54, 1.807) is 44.3 Å². The molecular formula is C23H27ClN4O3. The molecule has 0 unspecified atom stereocenters. The highest BCUT2D eigenvalue weighted by Gasteiger charge is 2.28. The summed E-state index contributed by atoms with van der Waals surface area (Å²) in [7, 11) is 0. The molecule has 1 aliphatic carbocycles. The second-order valence-electron chi connectivity index (χ2n) is 8.74. The van der Waals surface area contributed by atoms with Gasteiger partial charge < -0.3 is 15.5 Å². The zero-order valence-corrected chi connectivity index (χ0v) is 18.4. The van der Waals surface area contributed by atoms with Gasteiger partial charge in [0.1, 0.15) is 5.69 Å². The van der Waals surface area contributed by atoms with Crippen LogP contribution in [0.25, 0.3) is 10.9 Å². The molecule has 0 radical (unpaired) electrons. The van der Waals surface area contributed by atoms with Crippen LogP contribution in [0.5, 0.6) is 0 Å². The SMILES string of the molecule is CC(C)(O)c1cc2c(cc1NC(=O)c1ccccn1)c(Cl)nn2C1CCC(CO)CC1. The number of aliphatic hydroxyl groups is 2. The van der Waals surface area contributed by atoms with E-state index >= 15 is 0 Å². The van der Waals surface area contributed by atoms with Crippen LogP contribution in [0.3, 0.4) is 0 Å². The lowest BCUT2D eigenvalue weighted by Crippen LogP contribution is -2.22. The molecule has 1 saturated carbocycles. The van der Waals surface area contributed by atoms with Crippen molar-refractivity contribution in [3.8, 4) is 0 Å². The summed E-state index contributed by atoms with van der Waals surface area (Å²) in [5.74, 6) is -0.0230. The fraction of sp³-hybridized carbons (Fsp3) is 0.435. The van der Waals surface area contributed by atoms with E-state index in [1.807, 2.05) is 10.7 Å². The number of hydrogen-bond donors (Lipinski definition) is 3. The summed E-state index contributed by atoms with van der Waals surface area (Å²) in [6.45, 7) is 3.58. The van der Waals surface area contributed by atoms with Crippen LogP contribution in [0.2, 0.25) is 5.15 Å². The molecule has 1 aliphatic rings. The minimum Gasteiger partial charge on any atom is -0.396 e. The van der Waals surface area contributed by atoms with Crippen LogP contribution in [-0.4, -0.2) is 37.5 Å². The molecule has 0 spiro atoms. The van der Waals surface area contributed by atoms with Gasteiger partial charge in [-0.15, -0.1) is 0 Å². The van der Waals surface area contributed by atoms with Gasteiger partial charge in [-0.2, -0.15) is 5.10 Å². The lowest BCUT2D eigenvalue weighted by atomic mass is 9.86. The fourth-order valence-electron chi connectivity index (χ4n) is 4.29. The quantitative estimate of drug-likeness (QED) is 0.547. The van der Waals surface area contributed by atoms with Gasteiger partial charge in [-0.25, -0.2) is 0 Å². The molecule has 3 N–H and O–H groups in total. The number of nitrogens with zero attached hydrogens (tertiary/aromatic N) is 3. The highest BCUT2D eigenvalue weighted by Crippen LogP contribution is 2.39. The Morgan fingerprint density at radius 2 is 2.00 bits per heavy atom. The van der Waals surface area contributed by atoms with Gasteiger partial charge in [-0.3, -0.25) is 14.5 Å². The topological polar surface area (TPSA) is 100 Å². The molecule has 1 fully saturated rings. The minimum absolute atomic E-state index is 0.182. The number of anilines is 1. The van der Waals surface area contributed by atoms with Crippen molar-refractivity contribution in [2.75, 3.05) is 11.9 Å². The molecule has 164 valence electrons. The lowest BCUT2D eigenvalue weighted by molar-refractivity contribution is 0.0793. The number of fused-ring (bicyclic) bond motifs is 1. The first kappa shape index (κ1) is 21.7. The third-order valence-corrected chi connectivity index (χ3v) is 6.30. The molecule has 0 aliphatic heterocycles. The largest absolute Gasteiger partial charge is 0.396 e. The number of carbonyl (C=O) groups excluding carboxylic acids is 1. The van der Waals surface area contributed by atoms with Crippen LogP contribution in [0.4, 0.5) is 5.69 Å². The van der Waals surface area contributed by atoms with Gasteiger partial charge in [0.25, 0.3) is 5.91 Å². The van der Waals surface area contributed by atoms with Crippen molar-refractivity contribution in [1.82, 2.24) is 14.8 Å². The molecule has 3 aromatic rings.